The summed E-state index contributed by atoms with van der Waals surface area (Å²) in [6, 6.07) is 0.184. The molecule has 1 aliphatic rings. The van der Waals surface area contributed by atoms with Crippen LogP contribution in [0, 0.1) is 5.92 Å². The highest BCUT2D eigenvalue weighted by Gasteiger charge is 2.34. The zero-order valence-electron chi connectivity index (χ0n) is 10.4. The highest BCUT2D eigenvalue weighted by atomic mass is 19.4. The second-order valence-electron chi connectivity index (χ2n) is 4.79. The summed E-state index contributed by atoms with van der Waals surface area (Å²) in [6.45, 7) is 5.08. The molecule has 0 aromatic carbocycles. The van der Waals surface area contributed by atoms with Crippen molar-refractivity contribution in [3.63, 3.8) is 0 Å². The number of nitrogens with zero attached hydrogens (tertiary/aromatic N) is 1. The highest BCUT2D eigenvalue weighted by Crippen LogP contribution is 2.28. The number of halogens is 3. The van der Waals surface area contributed by atoms with Gasteiger partial charge in [-0.1, -0.05) is 13.8 Å². The van der Waals surface area contributed by atoms with Crippen LogP contribution in [0.5, 0.6) is 0 Å². The summed E-state index contributed by atoms with van der Waals surface area (Å²) in [5.74, 6) is -0.0449. The number of hydrogen-bond acceptors (Lipinski definition) is 2. The first-order valence-corrected chi connectivity index (χ1v) is 5.85. The van der Waals surface area contributed by atoms with Gasteiger partial charge in [-0.15, -0.1) is 0 Å². The van der Waals surface area contributed by atoms with Crippen LogP contribution in [0.1, 0.15) is 40.0 Å². The molecule has 1 rings (SSSR count). The van der Waals surface area contributed by atoms with Gasteiger partial charge in [0.1, 0.15) is 5.70 Å². The number of hydrogen-bond donors (Lipinski definition) is 1. The molecule has 0 atom stereocenters. The minimum atomic E-state index is -4.47. The standard InChI is InChI=1S/C12H19F3N2/c1-7(2)10(17-9-5-4-6-9)8(3)11(16)12(13,14)15/h7,9H,4-6,16H2,1-3H3. The maximum atomic E-state index is 12.5. The van der Waals surface area contributed by atoms with Crippen LogP contribution in [0.25, 0.3) is 0 Å². The van der Waals surface area contributed by atoms with Crippen LogP contribution >= 0.6 is 0 Å². The summed E-state index contributed by atoms with van der Waals surface area (Å²) in [7, 11) is 0. The molecule has 2 N–H and O–H groups in total. The fourth-order valence-corrected chi connectivity index (χ4v) is 1.74. The Hall–Kier alpha value is -1.00. The molecule has 0 saturated heterocycles. The average molecular weight is 248 g/mol. The van der Waals surface area contributed by atoms with E-state index < -0.39 is 11.9 Å². The maximum Gasteiger partial charge on any atom is 0.431 e. The summed E-state index contributed by atoms with van der Waals surface area (Å²) in [5, 5.41) is 0. The molecule has 0 aliphatic heterocycles. The molecule has 1 aliphatic carbocycles. The molecule has 0 amide bonds. The topological polar surface area (TPSA) is 38.4 Å². The fraction of sp³-hybridized carbons (Fsp3) is 0.750. The Labute approximate surface area is 99.8 Å². The molecule has 5 heteroatoms. The van der Waals surface area contributed by atoms with Crippen molar-refractivity contribution in [2.45, 2.75) is 52.3 Å². The third-order valence-electron chi connectivity index (χ3n) is 3.04. The third-order valence-corrected chi connectivity index (χ3v) is 3.04. The molecule has 0 heterocycles. The second-order valence-corrected chi connectivity index (χ2v) is 4.79. The van der Waals surface area contributed by atoms with Crippen molar-refractivity contribution < 1.29 is 13.2 Å². The predicted molar refractivity (Wildman–Crippen MR) is 62.9 cm³/mol. The lowest BCUT2D eigenvalue weighted by Crippen LogP contribution is -2.27. The van der Waals surface area contributed by atoms with Gasteiger partial charge in [0.05, 0.1) is 6.04 Å². The van der Waals surface area contributed by atoms with Crippen molar-refractivity contribution in [3.05, 3.63) is 11.3 Å². The van der Waals surface area contributed by atoms with Crippen molar-refractivity contribution in [2.75, 3.05) is 0 Å². The highest BCUT2D eigenvalue weighted by molar-refractivity contribution is 6.01. The molecule has 98 valence electrons. The first kappa shape index (κ1) is 14.1. The smallest absolute Gasteiger partial charge is 0.394 e. The van der Waals surface area contributed by atoms with Crippen LogP contribution in [-0.4, -0.2) is 17.9 Å². The summed E-state index contributed by atoms with van der Waals surface area (Å²) >= 11 is 0. The first-order valence-electron chi connectivity index (χ1n) is 5.85. The normalized spacial score (nSPS) is 20.3. The Bertz CT molecular complexity index is 336. The van der Waals surface area contributed by atoms with Crippen LogP contribution in [0.2, 0.25) is 0 Å². The summed E-state index contributed by atoms with van der Waals surface area (Å²) in [6.07, 6.45) is -1.43. The largest absolute Gasteiger partial charge is 0.431 e. The molecule has 0 aromatic rings. The van der Waals surface area contributed by atoms with E-state index in [1.54, 1.807) is 0 Å². The van der Waals surface area contributed by atoms with E-state index in [-0.39, 0.29) is 17.5 Å². The second kappa shape index (κ2) is 5.10. The van der Waals surface area contributed by atoms with E-state index in [0.29, 0.717) is 5.71 Å². The fourth-order valence-electron chi connectivity index (χ4n) is 1.74. The van der Waals surface area contributed by atoms with Gasteiger partial charge >= 0.3 is 6.18 Å². The summed E-state index contributed by atoms with van der Waals surface area (Å²) < 4.78 is 37.6. The van der Waals surface area contributed by atoms with E-state index in [1.807, 2.05) is 13.8 Å². The first-order chi connectivity index (χ1) is 7.73. The lowest BCUT2D eigenvalue weighted by atomic mass is 9.92. The molecule has 2 nitrogen and oxygen atoms in total. The Morgan fingerprint density at radius 1 is 1.29 bits per heavy atom. The van der Waals surface area contributed by atoms with Crippen LogP contribution in [-0.2, 0) is 0 Å². The van der Waals surface area contributed by atoms with Crippen molar-refractivity contribution in [2.24, 2.45) is 16.6 Å². The van der Waals surface area contributed by atoms with Gasteiger partial charge in [0, 0.05) is 5.71 Å². The SMILES string of the molecule is CC(C(=NC1CCC1)C(C)C)=C(N)C(F)(F)F. The number of alkyl halides is 3. The Kier molecular flexibility index (Phi) is 4.22. The van der Waals surface area contributed by atoms with Gasteiger partial charge < -0.3 is 5.73 Å². The third kappa shape index (κ3) is 3.48. The number of allylic oxidation sites excluding steroid dienone is 2. The van der Waals surface area contributed by atoms with Gasteiger partial charge in [-0.05, 0) is 37.7 Å². The van der Waals surface area contributed by atoms with E-state index in [4.69, 9.17) is 5.73 Å². The van der Waals surface area contributed by atoms with E-state index in [9.17, 15) is 13.2 Å². The van der Waals surface area contributed by atoms with Gasteiger partial charge in [-0.3, -0.25) is 4.99 Å². The van der Waals surface area contributed by atoms with Crippen LogP contribution < -0.4 is 5.73 Å². The number of rotatable bonds is 3. The minimum Gasteiger partial charge on any atom is -0.394 e. The van der Waals surface area contributed by atoms with Gasteiger partial charge in [0.2, 0.25) is 0 Å². The Morgan fingerprint density at radius 3 is 2.12 bits per heavy atom. The monoisotopic (exact) mass is 248 g/mol. The maximum absolute atomic E-state index is 12.5. The van der Waals surface area contributed by atoms with Gasteiger partial charge in [0.25, 0.3) is 0 Å². The lowest BCUT2D eigenvalue weighted by molar-refractivity contribution is -0.0931. The molecular formula is C12H19F3N2. The molecule has 0 radical (unpaired) electrons. The average Bonchev–Trinajstić information content (AvgIpc) is 2.11. The summed E-state index contributed by atoms with van der Waals surface area (Å²) in [4.78, 5) is 4.39. The van der Waals surface area contributed by atoms with Crippen LogP contribution in [0.4, 0.5) is 13.2 Å². The Balaban J connectivity index is 3.02. The van der Waals surface area contributed by atoms with E-state index >= 15 is 0 Å². The van der Waals surface area contributed by atoms with Crippen molar-refractivity contribution >= 4 is 5.71 Å². The van der Waals surface area contributed by atoms with E-state index in [1.165, 1.54) is 6.92 Å². The van der Waals surface area contributed by atoms with Crippen molar-refractivity contribution in [1.82, 2.24) is 0 Å². The zero-order valence-corrected chi connectivity index (χ0v) is 10.4. The zero-order chi connectivity index (χ0) is 13.2. The predicted octanol–water partition coefficient (Wildman–Crippen LogP) is 3.43. The minimum absolute atomic E-state index is 0.0449. The molecule has 1 saturated carbocycles. The quantitative estimate of drug-likeness (QED) is 0.763. The summed E-state index contributed by atoms with van der Waals surface area (Å²) in [5.41, 5.74) is 4.68. The molecule has 17 heavy (non-hydrogen) atoms. The van der Waals surface area contributed by atoms with Crippen molar-refractivity contribution in [3.8, 4) is 0 Å². The molecule has 0 unspecified atom stereocenters. The van der Waals surface area contributed by atoms with E-state index in [2.05, 4.69) is 4.99 Å². The van der Waals surface area contributed by atoms with E-state index in [0.717, 1.165) is 19.3 Å². The van der Waals surface area contributed by atoms with Crippen LogP contribution in [0.3, 0.4) is 0 Å². The van der Waals surface area contributed by atoms with Crippen LogP contribution in [0.15, 0.2) is 16.3 Å². The van der Waals surface area contributed by atoms with Gasteiger partial charge in [-0.2, -0.15) is 13.2 Å². The van der Waals surface area contributed by atoms with Gasteiger partial charge in [-0.25, -0.2) is 0 Å². The molecule has 0 bridgehead atoms. The molecule has 1 fully saturated rings. The molecule has 0 aromatic heterocycles. The van der Waals surface area contributed by atoms with Crippen molar-refractivity contribution in [1.29, 1.82) is 0 Å². The number of aliphatic imine (C=N–C) groups is 1. The molecule has 0 spiro atoms. The number of nitrogens with two attached hydrogens (primary N) is 1. The Morgan fingerprint density at radius 2 is 1.82 bits per heavy atom. The molecular weight excluding hydrogens is 229 g/mol. The van der Waals surface area contributed by atoms with Gasteiger partial charge in [0.15, 0.2) is 0 Å². The lowest BCUT2D eigenvalue weighted by Gasteiger charge is -2.24.